The number of amides is 1. The Balaban J connectivity index is 1.59. The number of hydrogen-bond acceptors (Lipinski definition) is 9. The van der Waals surface area contributed by atoms with Crippen molar-refractivity contribution in [2.75, 3.05) is 28.3 Å². The summed E-state index contributed by atoms with van der Waals surface area (Å²) in [4.78, 5) is 38.0. The summed E-state index contributed by atoms with van der Waals surface area (Å²) in [5.74, 6) is -0.350. The van der Waals surface area contributed by atoms with Crippen LogP contribution in [0.15, 0.2) is 84.9 Å². The molecule has 0 aliphatic carbocycles. The van der Waals surface area contributed by atoms with E-state index in [0.29, 0.717) is 16.7 Å². The van der Waals surface area contributed by atoms with E-state index in [4.69, 9.17) is 18.9 Å². The lowest BCUT2D eigenvalue weighted by atomic mass is 10.1. The van der Waals surface area contributed by atoms with E-state index >= 15 is 0 Å². The summed E-state index contributed by atoms with van der Waals surface area (Å²) >= 11 is 0. The van der Waals surface area contributed by atoms with Gasteiger partial charge in [0.2, 0.25) is 0 Å². The van der Waals surface area contributed by atoms with E-state index in [0.717, 1.165) is 6.08 Å². The molecule has 11 nitrogen and oxygen atoms in total. The largest absolute Gasteiger partial charge is 0.518 e. The number of aliphatic hydroxyl groups excluding tert-OH is 1. The number of methoxy groups -OCH3 is 2. The number of carbonyl (C=O) groups excluding carboxylic acids is 3. The second kappa shape index (κ2) is 14.7. The first-order valence-electron chi connectivity index (χ1n) is 12.5. The summed E-state index contributed by atoms with van der Waals surface area (Å²) in [7, 11) is 6.10. The number of pyridine rings is 1. The predicted molar refractivity (Wildman–Crippen MR) is 153 cm³/mol. The Morgan fingerprint density at radius 2 is 1.57 bits per heavy atom. The Labute approximate surface area is 242 Å². The van der Waals surface area contributed by atoms with Crippen molar-refractivity contribution in [2.45, 2.75) is 6.73 Å². The highest BCUT2D eigenvalue weighted by molar-refractivity contribution is 6.02. The Kier molecular flexibility index (Phi) is 10.8. The van der Waals surface area contributed by atoms with E-state index < -0.39 is 11.9 Å². The smallest absolute Gasteiger partial charge is 0.508 e. The van der Waals surface area contributed by atoms with Crippen molar-refractivity contribution in [2.24, 2.45) is 0 Å². The second-order valence-electron chi connectivity index (χ2n) is 8.91. The van der Waals surface area contributed by atoms with Crippen LogP contribution >= 0.6 is 0 Å². The number of benzene rings is 2. The maximum absolute atomic E-state index is 12.3. The first-order chi connectivity index (χ1) is 20.1. The molecule has 11 heteroatoms. The number of nitrogens with zero attached hydrogens (tertiary/aromatic N) is 2. The maximum Gasteiger partial charge on any atom is 0.518 e. The molecule has 0 radical (unpaired) electrons. The molecule has 0 aliphatic rings. The van der Waals surface area contributed by atoms with Crippen LogP contribution in [0.1, 0.15) is 21.5 Å². The molecule has 0 fully saturated rings. The fourth-order valence-corrected chi connectivity index (χ4v) is 3.51. The molecule has 218 valence electrons. The molecule has 0 saturated heterocycles. The number of phenolic OH excluding ortho intramolecular Hbond substituents is 1. The van der Waals surface area contributed by atoms with E-state index in [-0.39, 0.29) is 41.4 Å². The summed E-state index contributed by atoms with van der Waals surface area (Å²) in [6.45, 7) is -0.181. The monoisotopic (exact) mass is 575 g/mol. The van der Waals surface area contributed by atoms with Gasteiger partial charge < -0.3 is 34.1 Å². The Morgan fingerprint density at radius 3 is 2.26 bits per heavy atom. The minimum Gasteiger partial charge on any atom is -0.508 e. The third-order valence-corrected chi connectivity index (χ3v) is 5.60. The van der Waals surface area contributed by atoms with Gasteiger partial charge in [-0.1, -0.05) is 24.3 Å². The number of allylic oxidation sites excluding steroid dienone is 3. The molecule has 1 heterocycles. The lowest BCUT2D eigenvalue weighted by Gasteiger charge is -2.10. The van der Waals surface area contributed by atoms with Crippen LogP contribution in [0, 0.1) is 0 Å². The molecule has 0 spiro atoms. The first-order valence-corrected chi connectivity index (χ1v) is 12.5. The van der Waals surface area contributed by atoms with Gasteiger partial charge in [0.15, 0.2) is 41.2 Å². The molecule has 3 rings (SSSR count). The van der Waals surface area contributed by atoms with Crippen LogP contribution in [0.25, 0.3) is 12.2 Å². The average molecular weight is 576 g/mol. The minimum atomic E-state index is -0.980. The summed E-state index contributed by atoms with van der Waals surface area (Å²) in [6, 6.07) is 12.6. The molecule has 0 saturated carbocycles. The van der Waals surface area contributed by atoms with Gasteiger partial charge in [-0.05, 0) is 53.6 Å². The Hall–Kier alpha value is -5.58. The number of phenols is 1. The number of aromatic nitrogens is 1. The highest BCUT2D eigenvalue weighted by atomic mass is 16.7. The molecular weight excluding hydrogens is 544 g/mol. The molecule has 2 aromatic carbocycles. The fourth-order valence-electron chi connectivity index (χ4n) is 3.51. The van der Waals surface area contributed by atoms with Crippen LogP contribution < -0.4 is 18.8 Å². The standard InChI is InChI=1S/C31H30N2O9/c1-32(2)30(37)23-6-5-15-33(19-23)20-41-31(38)42-27-14-10-22(17-29(27)40-4)8-12-25(35)18-24(34)11-7-21-9-13-26(36)28(16-21)39-3/h5-19H,20H2,1-4H3,(H-,34,35,36)/p+1/b12-8+. The summed E-state index contributed by atoms with van der Waals surface area (Å²) in [5.41, 5.74) is 1.65. The minimum absolute atomic E-state index is 0.0177. The van der Waals surface area contributed by atoms with Crippen molar-refractivity contribution in [1.82, 2.24) is 4.90 Å². The topological polar surface area (TPSA) is 136 Å². The second-order valence-corrected chi connectivity index (χ2v) is 8.91. The number of carbonyl (C=O) groups is 3. The molecule has 1 amide bonds. The fraction of sp³-hybridized carbons (Fsp3) is 0.161. The lowest BCUT2D eigenvalue weighted by Crippen LogP contribution is -2.37. The Bertz CT molecular complexity index is 1540. The third kappa shape index (κ3) is 8.98. The third-order valence-electron chi connectivity index (χ3n) is 5.60. The van der Waals surface area contributed by atoms with Crippen molar-refractivity contribution in [3.63, 3.8) is 0 Å². The zero-order chi connectivity index (χ0) is 30.6. The number of rotatable bonds is 11. The molecule has 0 atom stereocenters. The van der Waals surface area contributed by atoms with Gasteiger partial charge in [0.05, 0.1) is 14.2 Å². The van der Waals surface area contributed by atoms with Crippen LogP contribution in [0.3, 0.4) is 0 Å². The number of aromatic hydroxyl groups is 1. The quantitative estimate of drug-likeness (QED) is 0.0856. The maximum atomic E-state index is 12.3. The SMILES string of the molecule is COc1cc(/C=C/C(=O)/C=C(O)\C=C\c2ccc(OC(=O)OC[n+]3cccc(C(=O)N(C)C)c3)c(OC)c2)ccc1O. The zero-order valence-electron chi connectivity index (χ0n) is 23.5. The van der Waals surface area contributed by atoms with Crippen LogP contribution in [0.2, 0.25) is 0 Å². The molecule has 0 unspecified atom stereocenters. The average Bonchev–Trinajstić information content (AvgIpc) is 2.98. The molecule has 0 aliphatic heterocycles. The predicted octanol–water partition coefficient (Wildman–Crippen LogP) is 4.31. The van der Waals surface area contributed by atoms with Crippen molar-refractivity contribution >= 4 is 30.0 Å². The molecule has 3 aromatic rings. The zero-order valence-corrected chi connectivity index (χ0v) is 23.5. The molecule has 42 heavy (non-hydrogen) atoms. The van der Waals surface area contributed by atoms with Gasteiger partial charge in [-0.25, -0.2) is 4.79 Å². The van der Waals surface area contributed by atoms with Gasteiger partial charge in [-0.15, -0.1) is 0 Å². The summed E-state index contributed by atoms with van der Waals surface area (Å²) < 4.78 is 22.3. The highest BCUT2D eigenvalue weighted by Gasteiger charge is 2.16. The van der Waals surface area contributed by atoms with Crippen LogP contribution in [0.5, 0.6) is 23.0 Å². The molecule has 2 N–H and O–H groups in total. The van der Waals surface area contributed by atoms with Crippen LogP contribution in [0.4, 0.5) is 4.79 Å². The van der Waals surface area contributed by atoms with E-state index in [1.165, 1.54) is 60.1 Å². The summed E-state index contributed by atoms with van der Waals surface area (Å²) in [5, 5.41) is 19.8. The number of aliphatic hydroxyl groups is 1. The molecule has 1 aromatic heterocycles. The lowest BCUT2D eigenvalue weighted by molar-refractivity contribution is -0.727. The van der Waals surface area contributed by atoms with E-state index in [1.54, 1.807) is 62.9 Å². The molecule has 0 bridgehead atoms. The van der Waals surface area contributed by atoms with Gasteiger partial charge in [0, 0.05) is 26.2 Å². The highest BCUT2D eigenvalue weighted by Crippen LogP contribution is 2.29. The summed E-state index contributed by atoms with van der Waals surface area (Å²) in [6.07, 6.45) is 8.91. The van der Waals surface area contributed by atoms with Crippen molar-refractivity contribution < 1.29 is 48.1 Å². The normalized spacial score (nSPS) is 11.4. The number of hydrogen-bond donors (Lipinski definition) is 2. The number of ether oxygens (including phenoxy) is 4. The first kappa shape index (κ1) is 31.0. The van der Waals surface area contributed by atoms with Gasteiger partial charge in [0.25, 0.3) is 12.6 Å². The van der Waals surface area contributed by atoms with Crippen molar-refractivity contribution in [3.05, 3.63) is 102 Å². The van der Waals surface area contributed by atoms with Gasteiger partial charge in [-0.2, -0.15) is 4.57 Å². The van der Waals surface area contributed by atoms with E-state index in [9.17, 15) is 24.6 Å². The molecular formula is C31H31N2O9+. The van der Waals surface area contributed by atoms with Crippen molar-refractivity contribution in [3.8, 4) is 23.0 Å². The number of ketones is 1. The van der Waals surface area contributed by atoms with Crippen LogP contribution in [-0.2, 0) is 16.3 Å². The van der Waals surface area contributed by atoms with Gasteiger partial charge >= 0.3 is 6.16 Å². The Morgan fingerprint density at radius 1 is 0.905 bits per heavy atom. The van der Waals surface area contributed by atoms with Gasteiger partial charge in [-0.3, -0.25) is 9.59 Å². The van der Waals surface area contributed by atoms with Gasteiger partial charge in [0.1, 0.15) is 11.3 Å². The van der Waals surface area contributed by atoms with Crippen LogP contribution in [-0.4, -0.2) is 61.3 Å². The van der Waals surface area contributed by atoms with E-state index in [2.05, 4.69) is 0 Å². The van der Waals surface area contributed by atoms with Crippen molar-refractivity contribution in [1.29, 1.82) is 0 Å². The van der Waals surface area contributed by atoms with E-state index in [1.807, 2.05) is 0 Å².